The lowest BCUT2D eigenvalue weighted by Gasteiger charge is -2.03. The van der Waals surface area contributed by atoms with Gasteiger partial charge in [-0.2, -0.15) is 0 Å². The van der Waals surface area contributed by atoms with Crippen molar-refractivity contribution < 1.29 is 4.42 Å². The predicted molar refractivity (Wildman–Crippen MR) is 90.0 cm³/mol. The van der Waals surface area contributed by atoms with Crippen LogP contribution in [0.5, 0.6) is 0 Å². The minimum absolute atomic E-state index is 0.631. The molecule has 0 aliphatic heterocycles. The molecular weight excluding hydrogens is 286 g/mol. The van der Waals surface area contributed by atoms with Crippen molar-refractivity contribution in [2.45, 2.75) is 0 Å². The second-order valence-corrected chi connectivity index (χ2v) is 5.39. The maximum atomic E-state index is 5.87. The zero-order chi connectivity index (χ0) is 15.2. The van der Waals surface area contributed by atoms with Crippen LogP contribution >= 0.6 is 0 Å². The third kappa shape index (κ3) is 1.82. The zero-order valence-electron chi connectivity index (χ0n) is 12.1. The summed E-state index contributed by atoms with van der Waals surface area (Å²) in [5, 5.41) is 3.08. The lowest BCUT2D eigenvalue weighted by atomic mass is 10.1. The second kappa shape index (κ2) is 4.61. The van der Waals surface area contributed by atoms with Crippen molar-refractivity contribution in [1.29, 1.82) is 0 Å². The molecule has 0 bridgehead atoms. The van der Waals surface area contributed by atoms with Gasteiger partial charge in [-0.3, -0.25) is 0 Å². The first-order valence-corrected chi connectivity index (χ1v) is 7.38. The fraction of sp³-hybridized carbons (Fsp3) is 0. The van der Waals surface area contributed by atoms with Gasteiger partial charge in [0.15, 0.2) is 0 Å². The molecule has 0 fully saturated rings. The minimum Gasteiger partial charge on any atom is -0.438 e. The Bertz CT molecular complexity index is 1170. The quantitative estimate of drug-likeness (QED) is 0.454. The van der Waals surface area contributed by atoms with E-state index in [2.05, 4.69) is 15.0 Å². The first kappa shape index (κ1) is 12.3. The monoisotopic (exact) mass is 297 g/mol. The summed E-state index contributed by atoms with van der Waals surface area (Å²) in [6.45, 7) is 0. The van der Waals surface area contributed by atoms with E-state index in [1.807, 2.05) is 60.7 Å². The topological polar surface area (TPSA) is 51.8 Å². The van der Waals surface area contributed by atoms with Crippen molar-refractivity contribution in [3.8, 4) is 11.4 Å². The molecule has 0 spiro atoms. The maximum Gasteiger partial charge on any atom is 0.227 e. The third-order valence-electron chi connectivity index (χ3n) is 4.03. The van der Waals surface area contributed by atoms with Crippen LogP contribution in [0.3, 0.4) is 0 Å². The summed E-state index contributed by atoms with van der Waals surface area (Å²) in [5.74, 6) is 0. The predicted octanol–water partition coefficient (Wildman–Crippen LogP) is 4.59. The van der Waals surface area contributed by atoms with Gasteiger partial charge in [0, 0.05) is 16.2 Å². The molecule has 0 unspecified atom stereocenters. The number of nitrogens with zero attached hydrogens (tertiary/aromatic N) is 3. The Morgan fingerprint density at radius 3 is 2.48 bits per heavy atom. The second-order valence-electron chi connectivity index (χ2n) is 5.39. The van der Waals surface area contributed by atoms with Crippen LogP contribution in [0.25, 0.3) is 44.4 Å². The molecule has 4 nitrogen and oxygen atoms in total. The molecule has 2 aromatic carbocycles. The fourth-order valence-corrected chi connectivity index (χ4v) is 2.95. The van der Waals surface area contributed by atoms with Gasteiger partial charge in [-0.25, -0.2) is 15.0 Å². The summed E-state index contributed by atoms with van der Waals surface area (Å²) in [6.07, 6.45) is 1.57. The number of furan rings is 1. The molecule has 5 rings (SSSR count). The average molecular weight is 297 g/mol. The van der Waals surface area contributed by atoms with Crippen LogP contribution in [-0.2, 0) is 0 Å². The maximum absolute atomic E-state index is 5.87. The van der Waals surface area contributed by atoms with Gasteiger partial charge in [0.1, 0.15) is 11.9 Å². The van der Waals surface area contributed by atoms with Gasteiger partial charge in [0.05, 0.1) is 16.9 Å². The van der Waals surface area contributed by atoms with Crippen LogP contribution in [-0.4, -0.2) is 15.0 Å². The molecule has 108 valence electrons. The van der Waals surface area contributed by atoms with Crippen molar-refractivity contribution in [2.75, 3.05) is 0 Å². The molecule has 5 aromatic rings. The van der Waals surface area contributed by atoms with Gasteiger partial charge in [-0.05, 0) is 24.3 Å². The number of fused-ring (bicyclic) bond motifs is 4. The first-order valence-electron chi connectivity index (χ1n) is 7.38. The van der Waals surface area contributed by atoms with Crippen LogP contribution in [0.15, 0.2) is 71.4 Å². The number of pyridine rings is 1. The van der Waals surface area contributed by atoms with Crippen molar-refractivity contribution >= 4 is 33.0 Å². The van der Waals surface area contributed by atoms with Gasteiger partial charge < -0.3 is 4.42 Å². The third-order valence-corrected chi connectivity index (χ3v) is 4.03. The lowest BCUT2D eigenvalue weighted by Crippen LogP contribution is -1.91. The standard InChI is InChI=1S/C19H11N3O/c1-3-7-15-14(6-1)18(21-11-20-15)16-10-9-13-12-5-2-4-8-17(12)23-19(13)22-16/h1-11H. The summed E-state index contributed by atoms with van der Waals surface area (Å²) in [6, 6.07) is 19.9. The number of rotatable bonds is 1. The van der Waals surface area contributed by atoms with E-state index < -0.39 is 0 Å². The van der Waals surface area contributed by atoms with Gasteiger partial charge in [-0.15, -0.1) is 0 Å². The zero-order valence-corrected chi connectivity index (χ0v) is 12.1. The number of hydrogen-bond donors (Lipinski definition) is 0. The lowest BCUT2D eigenvalue weighted by molar-refractivity contribution is 0.654. The number of benzene rings is 2. The molecule has 3 heterocycles. The highest BCUT2D eigenvalue weighted by atomic mass is 16.3. The fourth-order valence-electron chi connectivity index (χ4n) is 2.95. The number of hydrogen-bond acceptors (Lipinski definition) is 4. The summed E-state index contributed by atoms with van der Waals surface area (Å²) in [7, 11) is 0. The first-order chi connectivity index (χ1) is 11.4. The summed E-state index contributed by atoms with van der Waals surface area (Å²) in [5.41, 5.74) is 3.99. The smallest absolute Gasteiger partial charge is 0.227 e. The van der Waals surface area contributed by atoms with E-state index in [9.17, 15) is 0 Å². The van der Waals surface area contributed by atoms with Crippen LogP contribution < -0.4 is 0 Å². The number of aromatic nitrogens is 3. The Kier molecular flexibility index (Phi) is 2.46. The molecule has 0 atom stereocenters. The molecule has 0 aliphatic rings. The SMILES string of the molecule is c1ccc2c(-c3ccc4c(n3)oc3ccccc34)ncnc2c1. The van der Waals surface area contributed by atoms with Crippen molar-refractivity contribution in [3.05, 3.63) is 67.0 Å². The summed E-state index contributed by atoms with van der Waals surface area (Å²) in [4.78, 5) is 13.4. The van der Waals surface area contributed by atoms with E-state index in [-0.39, 0.29) is 0 Å². The molecule has 0 saturated carbocycles. The van der Waals surface area contributed by atoms with Gasteiger partial charge >= 0.3 is 0 Å². The Morgan fingerprint density at radius 1 is 0.696 bits per heavy atom. The molecule has 23 heavy (non-hydrogen) atoms. The van der Waals surface area contributed by atoms with E-state index in [0.29, 0.717) is 5.71 Å². The van der Waals surface area contributed by atoms with Crippen LogP contribution in [0, 0.1) is 0 Å². The molecular formula is C19H11N3O. The van der Waals surface area contributed by atoms with Gasteiger partial charge in [-0.1, -0.05) is 36.4 Å². The summed E-state index contributed by atoms with van der Waals surface area (Å²) >= 11 is 0. The number of para-hydroxylation sites is 2. The molecule has 0 saturated heterocycles. The van der Waals surface area contributed by atoms with E-state index >= 15 is 0 Å². The largest absolute Gasteiger partial charge is 0.438 e. The normalized spacial score (nSPS) is 11.5. The molecule has 0 aliphatic carbocycles. The Balaban J connectivity index is 1.81. The highest BCUT2D eigenvalue weighted by Crippen LogP contribution is 2.30. The molecule has 0 radical (unpaired) electrons. The van der Waals surface area contributed by atoms with Gasteiger partial charge in [0.2, 0.25) is 5.71 Å². The molecule has 3 aromatic heterocycles. The van der Waals surface area contributed by atoms with Crippen molar-refractivity contribution in [2.24, 2.45) is 0 Å². The van der Waals surface area contributed by atoms with Gasteiger partial charge in [0.25, 0.3) is 0 Å². The molecule has 4 heteroatoms. The Hall–Kier alpha value is -3.27. The minimum atomic E-state index is 0.631. The average Bonchev–Trinajstić information content (AvgIpc) is 2.99. The highest BCUT2D eigenvalue weighted by Gasteiger charge is 2.12. The molecule has 0 N–H and O–H groups in total. The van der Waals surface area contributed by atoms with Crippen LogP contribution in [0.1, 0.15) is 0 Å². The van der Waals surface area contributed by atoms with E-state index in [1.54, 1.807) is 6.33 Å². The van der Waals surface area contributed by atoms with E-state index in [0.717, 1.165) is 38.6 Å². The van der Waals surface area contributed by atoms with Crippen LogP contribution in [0.2, 0.25) is 0 Å². The van der Waals surface area contributed by atoms with E-state index in [4.69, 9.17) is 4.42 Å². The summed E-state index contributed by atoms with van der Waals surface area (Å²) < 4.78 is 5.87. The molecule has 0 amide bonds. The Labute approximate surface area is 131 Å². The highest BCUT2D eigenvalue weighted by molar-refractivity contribution is 6.04. The van der Waals surface area contributed by atoms with E-state index in [1.165, 1.54) is 0 Å². The Morgan fingerprint density at radius 2 is 1.52 bits per heavy atom. The van der Waals surface area contributed by atoms with Crippen molar-refractivity contribution in [1.82, 2.24) is 15.0 Å². The van der Waals surface area contributed by atoms with Crippen molar-refractivity contribution in [3.63, 3.8) is 0 Å². The van der Waals surface area contributed by atoms with Crippen LogP contribution in [0.4, 0.5) is 0 Å².